The summed E-state index contributed by atoms with van der Waals surface area (Å²) in [4.78, 5) is 23.7. The van der Waals surface area contributed by atoms with Crippen LogP contribution in [0.15, 0.2) is 66.9 Å². The number of nitrogens with one attached hydrogen (secondary N) is 1. The Morgan fingerprint density at radius 3 is 2.38 bits per heavy atom. The molecule has 1 fully saturated rings. The summed E-state index contributed by atoms with van der Waals surface area (Å²) in [7, 11) is 3.34. The predicted octanol–water partition coefficient (Wildman–Crippen LogP) is 7.17. The number of nitrogens with zero attached hydrogens (tertiary/aromatic N) is 3. The number of amides is 1. The number of rotatable bonds is 6. The number of methoxy groups -OCH3 is 2. The second-order valence-corrected chi connectivity index (χ2v) is 11.0. The largest absolute Gasteiger partial charge is 0.496 e. The number of fused-ring (bicyclic) bond motifs is 1. The molecule has 0 spiro atoms. The number of aromatic nitrogens is 2. The van der Waals surface area contributed by atoms with Crippen LogP contribution in [0.25, 0.3) is 22.0 Å². The summed E-state index contributed by atoms with van der Waals surface area (Å²) in [6.07, 6.45) is 3.32. The molecule has 0 saturated carbocycles. The lowest BCUT2D eigenvalue weighted by Crippen LogP contribution is -2.41. The van der Waals surface area contributed by atoms with Gasteiger partial charge in [0.25, 0.3) is 0 Å². The van der Waals surface area contributed by atoms with Gasteiger partial charge in [0.15, 0.2) is 0 Å². The fourth-order valence-electron chi connectivity index (χ4n) is 5.11. The smallest absolute Gasteiger partial charge is 0.410 e. The van der Waals surface area contributed by atoms with Crippen LogP contribution in [0.3, 0.4) is 0 Å². The van der Waals surface area contributed by atoms with E-state index in [9.17, 15) is 4.79 Å². The van der Waals surface area contributed by atoms with Crippen LogP contribution < -0.4 is 14.8 Å². The van der Waals surface area contributed by atoms with Gasteiger partial charge in [-0.2, -0.15) is 0 Å². The van der Waals surface area contributed by atoms with E-state index in [1.807, 2.05) is 75.5 Å². The van der Waals surface area contributed by atoms with E-state index >= 15 is 0 Å². The number of hydrogen-bond acceptors (Lipinski definition) is 7. The average molecular weight is 541 g/mol. The van der Waals surface area contributed by atoms with Crippen LogP contribution in [-0.4, -0.2) is 53.9 Å². The minimum absolute atomic E-state index is 0.243. The lowest BCUT2D eigenvalue weighted by Gasteiger charge is -2.33. The van der Waals surface area contributed by atoms with Gasteiger partial charge in [-0.15, -0.1) is 0 Å². The fraction of sp³-hybridized carbons (Fsp3) is 0.344. The summed E-state index contributed by atoms with van der Waals surface area (Å²) in [5, 5.41) is 4.29. The van der Waals surface area contributed by atoms with Crippen LogP contribution in [0.1, 0.15) is 45.1 Å². The molecule has 1 N–H and O–H groups in total. The number of likely N-dealkylation sites (tertiary alicyclic amines) is 1. The molecule has 0 radical (unpaired) electrons. The molecule has 0 aliphatic carbocycles. The van der Waals surface area contributed by atoms with Crippen LogP contribution in [0.2, 0.25) is 0 Å². The van der Waals surface area contributed by atoms with Gasteiger partial charge < -0.3 is 24.4 Å². The number of anilines is 2. The van der Waals surface area contributed by atoms with Crippen molar-refractivity contribution in [3.05, 3.63) is 72.4 Å². The molecular formula is C32H36N4O4. The maximum absolute atomic E-state index is 12.4. The first-order valence-electron chi connectivity index (χ1n) is 13.6. The Labute approximate surface area is 235 Å². The van der Waals surface area contributed by atoms with Crippen molar-refractivity contribution < 1.29 is 19.0 Å². The van der Waals surface area contributed by atoms with Crippen molar-refractivity contribution in [3.63, 3.8) is 0 Å². The second-order valence-electron chi connectivity index (χ2n) is 11.0. The number of carbonyl (C=O) groups is 1. The Hall–Kier alpha value is -4.33. The molecule has 5 rings (SSSR count). The van der Waals surface area contributed by atoms with Gasteiger partial charge in [0.2, 0.25) is 5.95 Å². The van der Waals surface area contributed by atoms with E-state index in [-0.39, 0.29) is 6.09 Å². The Morgan fingerprint density at radius 1 is 0.925 bits per heavy atom. The van der Waals surface area contributed by atoms with E-state index in [4.69, 9.17) is 19.2 Å². The third kappa shape index (κ3) is 5.96. The average Bonchev–Trinajstić information content (AvgIpc) is 2.96. The zero-order valence-corrected chi connectivity index (χ0v) is 23.7. The van der Waals surface area contributed by atoms with Crippen LogP contribution >= 0.6 is 0 Å². The van der Waals surface area contributed by atoms with Gasteiger partial charge in [0.1, 0.15) is 17.1 Å². The fourth-order valence-corrected chi connectivity index (χ4v) is 5.11. The van der Waals surface area contributed by atoms with Gasteiger partial charge in [0, 0.05) is 35.8 Å². The molecule has 0 atom stereocenters. The van der Waals surface area contributed by atoms with Crippen molar-refractivity contribution >= 4 is 28.6 Å². The highest BCUT2D eigenvalue weighted by Crippen LogP contribution is 2.37. The van der Waals surface area contributed by atoms with Gasteiger partial charge in [-0.25, -0.2) is 14.8 Å². The highest BCUT2D eigenvalue weighted by molar-refractivity contribution is 5.95. The highest BCUT2D eigenvalue weighted by atomic mass is 16.6. The Balaban J connectivity index is 1.35. The van der Waals surface area contributed by atoms with Gasteiger partial charge in [0.05, 0.1) is 25.4 Å². The van der Waals surface area contributed by atoms with Crippen molar-refractivity contribution in [3.8, 4) is 22.6 Å². The summed E-state index contributed by atoms with van der Waals surface area (Å²) in [6, 6.07) is 20.2. The Bertz CT molecular complexity index is 1510. The predicted molar refractivity (Wildman–Crippen MR) is 158 cm³/mol. The molecule has 1 amide bonds. The monoisotopic (exact) mass is 540 g/mol. The van der Waals surface area contributed by atoms with Gasteiger partial charge >= 0.3 is 6.09 Å². The van der Waals surface area contributed by atoms with Crippen molar-refractivity contribution in [2.24, 2.45) is 0 Å². The number of piperidine rings is 1. The molecule has 40 heavy (non-hydrogen) atoms. The molecule has 0 bridgehead atoms. The lowest BCUT2D eigenvalue weighted by molar-refractivity contribution is 0.0205. The number of ether oxygens (including phenoxy) is 3. The summed E-state index contributed by atoms with van der Waals surface area (Å²) in [5.41, 5.74) is 4.25. The van der Waals surface area contributed by atoms with Gasteiger partial charge in [-0.1, -0.05) is 42.5 Å². The maximum Gasteiger partial charge on any atom is 0.410 e. The molecule has 0 unspecified atom stereocenters. The molecule has 2 heterocycles. The van der Waals surface area contributed by atoms with E-state index in [0.29, 0.717) is 30.7 Å². The molecule has 1 aliphatic heterocycles. The Kier molecular flexibility index (Phi) is 7.78. The van der Waals surface area contributed by atoms with E-state index < -0.39 is 5.60 Å². The molecule has 4 aromatic rings. The summed E-state index contributed by atoms with van der Waals surface area (Å²) >= 11 is 0. The Morgan fingerprint density at radius 2 is 1.65 bits per heavy atom. The van der Waals surface area contributed by atoms with Gasteiger partial charge in [-0.3, -0.25) is 0 Å². The van der Waals surface area contributed by atoms with Crippen molar-refractivity contribution in [2.45, 2.75) is 45.1 Å². The maximum atomic E-state index is 12.4. The van der Waals surface area contributed by atoms with Gasteiger partial charge in [-0.05, 0) is 63.3 Å². The van der Waals surface area contributed by atoms with Crippen LogP contribution in [-0.2, 0) is 4.74 Å². The van der Waals surface area contributed by atoms with E-state index in [1.54, 1.807) is 19.1 Å². The topological polar surface area (TPSA) is 85.8 Å². The normalized spacial score (nSPS) is 14.2. The zero-order chi connectivity index (χ0) is 28.3. The SMILES string of the molecule is COc1cc(C2CCN(C(=O)OC(C)(C)C)CC2)ccc1Nc1ncc2cccc(-c3ccccc3OC)c2n1. The zero-order valence-electron chi connectivity index (χ0n) is 23.7. The van der Waals surface area contributed by atoms with E-state index in [2.05, 4.69) is 22.4 Å². The van der Waals surface area contributed by atoms with Crippen LogP contribution in [0, 0.1) is 0 Å². The first-order valence-corrected chi connectivity index (χ1v) is 13.6. The third-order valence-corrected chi connectivity index (χ3v) is 7.10. The lowest BCUT2D eigenvalue weighted by atomic mass is 9.89. The molecule has 3 aromatic carbocycles. The minimum atomic E-state index is -0.491. The number of carbonyl (C=O) groups excluding carboxylic acids is 1. The van der Waals surface area contributed by atoms with E-state index in [1.165, 1.54) is 5.56 Å². The van der Waals surface area contributed by atoms with E-state index in [0.717, 1.165) is 46.3 Å². The number of para-hydroxylation sites is 2. The van der Waals surface area contributed by atoms with Crippen LogP contribution in [0.5, 0.6) is 11.5 Å². The molecule has 208 valence electrons. The summed E-state index contributed by atoms with van der Waals surface area (Å²) in [6.45, 7) is 7.01. The minimum Gasteiger partial charge on any atom is -0.496 e. The number of hydrogen-bond donors (Lipinski definition) is 1. The van der Waals surface area contributed by atoms with Crippen molar-refractivity contribution in [1.29, 1.82) is 0 Å². The second kappa shape index (κ2) is 11.4. The first-order chi connectivity index (χ1) is 19.3. The third-order valence-electron chi connectivity index (χ3n) is 7.10. The van der Waals surface area contributed by atoms with Crippen molar-refractivity contribution in [2.75, 3.05) is 32.6 Å². The van der Waals surface area contributed by atoms with Crippen LogP contribution in [0.4, 0.5) is 16.4 Å². The molecule has 8 nitrogen and oxygen atoms in total. The molecule has 1 aromatic heterocycles. The van der Waals surface area contributed by atoms with Crippen molar-refractivity contribution in [1.82, 2.24) is 14.9 Å². The standard InChI is InChI=1S/C32H36N4O4/c1-32(2,3)40-31(37)36-17-15-21(16-18-36)22-13-14-26(28(19-22)39-5)34-30-33-20-23-9-8-11-25(29(23)35-30)24-10-6-7-12-27(24)38-4/h6-14,19-21H,15-18H2,1-5H3,(H,33,34,35). The quantitative estimate of drug-likeness (QED) is 0.277. The summed E-state index contributed by atoms with van der Waals surface area (Å²) < 4.78 is 16.9. The molecule has 8 heteroatoms. The first kappa shape index (κ1) is 27.2. The highest BCUT2D eigenvalue weighted by Gasteiger charge is 2.28. The summed E-state index contributed by atoms with van der Waals surface area (Å²) in [5.74, 6) is 2.32. The molecular weight excluding hydrogens is 504 g/mol. The molecule has 1 saturated heterocycles. The molecule has 1 aliphatic rings. The number of benzene rings is 3.